The standard InChI is InChI=1S/C23H20N4O2S/c1-16-10-12-17(13-11-16)21-15-22(18-6-5-9-20(14-18)27(28)29)26(25-21)23(30)24-19-7-3-2-4-8-19/h2-14,22H,15H2,1H3,(H,24,30). The summed E-state index contributed by atoms with van der Waals surface area (Å²) in [6.07, 6.45) is 0.598. The van der Waals surface area contributed by atoms with Gasteiger partial charge in [-0.15, -0.1) is 0 Å². The van der Waals surface area contributed by atoms with Crippen LogP contribution in [0.3, 0.4) is 0 Å². The van der Waals surface area contributed by atoms with Gasteiger partial charge in [0.05, 0.1) is 16.7 Å². The van der Waals surface area contributed by atoms with Gasteiger partial charge in [-0.25, -0.2) is 5.01 Å². The maximum atomic E-state index is 11.3. The number of nitrogens with one attached hydrogen (secondary N) is 1. The quantitative estimate of drug-likeness (QED) is 0.348. The Morgan fingerprint density at radius 3 is 2.53 bits per heavy atom. The van der Waals surface area contributed by atoms with Crippen LogP contribution in [0, 0.1) is 17.0 Å². The molecular weight excluding hydrogens is 396 g/mol. The summed E-state index contributed by atoms with van der Waals surface area (Å²) in [6, 6.07) is 24.2. The number of nitro groups is 1. The molecule has 1 aliphatic heterocycles. The van der Waals surface area contributed by atoms with Gasteiger partial charge in [0, 0.05) is 24.2 Å². The van der Waals surface area contributed by atoms with Crippen LogP contribution in [-0.4, -0.2) is 20.8 Å². The van der Waals surface area contributed by atoms with Gasteiger partial charge in [0.2, 0.25) is 0 Å². The predicted molar refractivity (Wildman–Crippen MR) is 123 cm³/mol. The van der Waals surface area contributed by atoms with Crippen molar-refractivity contribution in [1.29, 1.82) is 0 Å². The molecule has 1 aliphatic rings. The Balaban J connectivity index is 1.68. The third kappa shape index (κ3) is 4.21. The minimum Gasteiger partial charge on any atom is -0.331 e. The number of thiocarbonyl (C=S) groups is 1. The van der Waals surface area contributed by atoms with Crippen LogP contribution in [0.25, 0.3) is 0 Å². The Morgan fingerprint density at radius 1 is 1.10 bits per heavy atom. The van der Waals surface area contributed by atoms with Crippen LogP contribution >= 0.6 is 12.2 Å². The fourth-order valence-corrected chi connectivity index (χ4v) is 3.71. The minimum atomic E-state index is -0.384. The lowest BCUT2D eigenvalue weighted by atomic mass is 9.98. The highest BCUT2D eigenvalue weighted by Gasteiger charge is 2.32. The molecule has 3 aromatic carbocycles. The number of anilines is 1. The zero-order chi connectivity index (χ0) is 21.1. The molecule has 0 aliphatic carbocycles. The number of hydrazone groups is 1. The highest BCUT2D eigenvalue weighted by atomic mass is 32.1. The average molecular weight is 417 g/mol. The molecule has 0 saturated carbocycles. The van der Waals surface area contributed by atoms with Gasteiger partial charge in [-0.3, -0.25) is 10.1 Å². The van der Waals surface area contributed by atoms with E-state index in [9.17, 15) is 10.1 Å². The summed E-state index contributed by atoms with van der Waals surface area (Å²) in [7, 11) is 0. The van der Waals surface area contributed by atoms with E-state index in [1.54, 1.807) is 17.1 Å². The Kier molecular flexibility index (Phi) is 5.54. The Labute approximate surface area is 180 Å². The summed E-state index contributed by atoms with van der Waals surface area (Å²) in [4.78, 5) is 10.9. The van der Waals surface area contributed by atoms with Crippen molar-refractivity contribution in [2.24, 2.45) is 5.10 Å². The Bertz CT molecular complexity index is 1110. The lowest BCUT2D eigenvalue weighted by molar-refractivity contribution is -0.384. The molecule has 150 valence electrons. The zero-order valence-corrected chi connectivity index (χ0v) is 17.2. The lowest BCUT2D eigenvalue weighted by Crippen LogP contribution is -2.31. The van der Waals surface area contributed by atoms with Crippen molar-refractivity contribution in [2.45, 2.75) is 19.4 Å². The molecule has 3 aromatic rings. The maximum absolute atomic E-state index is 11.3. The number of rotatable bonds is 4. The molecule has 1 unspecified atom stereocenters. The molecule has 1 atom stereocenters. The van der Waals surface area contributed by atoms with Crippen molar-refractivity contribution in [1.82, 2.24) is 5.01 Å². The normalized spacial score (nSPS) is 15.6. The third-order valence-electron chi connectivity index (χ3n) is 4.99. The summed E-state index contributed by atoms with van der Waals surface area (Å²) in [5.41, 5.74) is 4.79. The first-order valence-corrected chi connectivity index (χ1v) is 9.96. The minimum absolute atomic E-state index is 0.0539. The molecule has 0 radical (unpaired) electrons. The van der Waals surface area contributed by atoms with Crippen molar-refractivity contribution in [3.05, 3.63) is 106 Å². The second-order valence-corrected chi connectivity index (χ2v) is 7.51. The van der Waals surface area contributed by atoms with Gasteiger partial charge in [-0.05, 0) is 42.4 Å². The van der Waals surface area contributed by atoms with Crippen LogP contribution in [0.4, 0.5) is 11.4 Å². The average Bonchev–Trinajstić information content (AvgIpc) is 3.21. The van der Waals surface area contributed by atoms with Crippen molar-refractivity contribution in [2.75, 3.05) is 5.32 Å². The maximum Gasteiger partial charge on any atom is 0.269 e. The van der Waals surface area contributed by atoms with E-state index >= 15 is 0 Å². The zero-order valence-electron chi connectivity index (χ0n) is 16.4. The van der Waals surface area contributed by atoms with Crippen molar-refractivity contribution < 1.29 is 4.92 Å². The van der Waals surface area contributed by atoms with Crippen LogP contribution in [0.2, 0.25) is 0 Å². The number of hydrogen-bond acceptors (Lipinski definition) is 4. The van der Waals surface area contributed by atoms with E-state index in [4.69, 9.17) is 17.3 Å². The summed E-state index contributed by atoms with van der Waals surface area (Å²) in [5.74, 6) is 0. The van der Waals surface area contributed by atoms with E-state index in [-0.39, 0.29) is 16.7 Å². The van der Waals surface area contributed by atoms with E-state index in [0.29, 0.717) is 11.5 Å². The second kappa shape index (κ2) is 8.42. The van der Waals surface area contributed by atoms with Crippen LogP contribution in [0.1, 0.15) is 29.2 Å². The molecule has 0 fully saturated rings. The summed E-state index contributed by atoms with van der Waals surface area (Å²) in [5, 5.41) is 21.5. The Hall–Kier alpha value is -3.58. The van der Waals surface area contributed by atoms with Gasteiger partial charge in [-0.1, -0.05) is 60.2 Å². The van der Waals surface area contributed by atoms with Crippen molar-refractivity contribution in [3.63, 3.8) is 0 Å². The SMILES string of the molecule is Cc1ccc(C2=NN(C(=S)Nc3ccccc3)C(c3cccc([N+](=O)[O-])c3)C2)cc1. The molecule has 4 rings (SSSR count). The molecule has 7 heteroatoms. The first-order valence-electron chi connectivity index (χ1n) is 9.55. The van der Waals surface area contributed by atoms with Gasteiger partial charge in [0.25, 0.3) is 5.69 Å². The summed E-state index contributed by atoms with van der Waals surface area (Å²) < 4.78 is 0. The highest BCUT2D eigenvalue weighted by Crippen LogP contribution is 2.34. The van der Waals surface area contributed by atoms with Crippen molar-refractivity contribution >= 4 is 34.4 Å². The first-order chi connectivity index (χ1) is 14.5. The van der Waals surface area contributed by atoms with E-state index < -0.39 is 0 Å². The number of non-ortho nitro benzene ring substituents is 1. The molecule has 0 bridgehead atoms. The molecule has 1 heterocycles. The topological polar surface area (TPSA) is 70.8 Å². The van der Waals surface area contributed by atoms with E-state index in [1.165, 1.54) is 11.6 Å². The van der Waals surface area contributed by atoms with Crippen LogP contribution in [0.15, 0.2) is 84.0 Å². The number of nitro benzene ring substituents is 1. The van der Waals surface area contributed by atoms with E-state index in [1.807, 2.05) is 67.6 Å². The smallest absolute Gasteiger partial charge is 0.269 e. The molecule has 0 saturated heterocycles. The van der Waals surface area contributed by atoms with Gasteiger partial charge in [-0.2, -0.15) is 5.10 Å². The fourth-order valence-electron chi connectivity index (χ4n) is 3.43. The molecule has 0 amide bonds. The molecular formula is C23H20N4O2S. The van der Waals surface area contributed by atoms with E-state index in [0.717, 1.165) is 22.5 Å². The van der Waals surface area contributed by atoms with Crippen LogP contribution < -0.4 is 5.32 Å². The van der Waals surface area contributed by atoms with Crippen molar-refractivity contribution in [3.8, 4) is 0 Å². The van der Waals surface area contributed by atoms with E-state index in [2.05, 4.69) is 5.32 Å². The molecule has 1 N–H and O–H groups in total. The largest absolute Gasteiger partial charge is 0.331 e. The number of hydrogen-bond donors (Lipinski definition) is 1. The third-order valence-corrected chi connectivity index (χ3v) is 5.28. The number of nitrogens with zero attached hydrogens (tertiary/aromatic N) is 3. The molecule has 0 spiro atoms. The van der Waals surface area contributed by atoms with Gasteiger partial charge in [0.1, 0.15) is 0 Å². The van der Waals surface area contributed by atoms with Crippen LogP contribution in [-0.2, 0) is 0 Å². The highest BCUT2D eigenvalue weighted by molar-refractivity contribution is 7.80. The number of para-hydroxylation sites is 1. The number of benzene rings is 3. The first kappa shape index (κ1) is 19.7. The summed E-state index contributed by atoms with van der Waals surface area (Å²) >= 11 is 5.65. The van der Waals surface area contributed by atoms with Gasteiger partial charge < -0.3 is 5.32 Å². The fraction of sp³-hybridized carbons (Fsp3) is 0.130. The summed E-state index contributed by atoms with van der Waals surface area (Å²) in [6.45, 7) is 2.04. The molecule has 6 nitrogen and oxygen atoms in total. The van der Waals surface area contributed by atoms with Gasteiger partial charge in [0.15, 0.2) is 5.11 Å². The lowest BCUT2D eigenvalue weighted by Gasteiger charge is -2.24. The predicted octanol–water partition coefficient (Wildman–Crippen LogP) is 5.45. The van der Waals surface area contributed by atoms with Crippen LogP contribution in [0.5, 0.6) is 0 Å². The Morgan fingerprint density at radius 2 is 1.83 bits per heavy atom. The molecule has 30 heavy (non-hydrogen) atoms. The monoisotopic (exact) mass is 416 g/mol. The molecule has 0 aromatic heterocycles. The second-order valence-electron chi connectivity index (χ2n) is 7.13. The number of aryl methyl sites for hydroxylation is 1. The van der Waals surface area contributed by atoms with Gasteiger partial charge >= 0.3 is 0 Å².